The van der Waals surface area contributed by atoms with Gasteiger partial charge in [-0.15, -0.1) is 0 Å². The number of carbonyl (C=O) groups excluding carboxylic acids is 1. The number of likely N-dealkylation sites (N-methyl/N-ethyl adjacent to an activating group) is 1. The number of hydrogen-bond donors (Lipinski definition) is 0. The molecule has 19 heavy (non-hydrogen) atoms. The van der Waals surface area contributed by atoms with Crippen molar-refractivity contribution in [1.29, 1.82) is 5.26 Å². The van der Waals surface area contributed by atoms with Gasteiger partial charge in [-0.25, -0.2) is 5.06 Å². The van der Waals surface area contributed by atoms with Crippen LogP contribution in [0.25, 0.3) is 16.5 Å². The van der Waals surface area contributed by atoms with Gasteiger partial charge in [-0.1, -0.05) is 17.2 Å². The molecule has 96 valence electrons. The number of nitrogens with zero attached hydrogens (tertiary/aromatic N) is 5. The van der Waals surface area contributed by atoms with Gasteiger partial charge >= 0.3 is 0 Å². The number of amides is 1. The van der Waals surface area contributed by atoms with Crippen molar-refractivity contribution >= 4 is 12.0 Å². The van der Waals surface area contributed by atoms with Crippen LogP contribution in [-0.4, -0.2) is 25.1 Å². The van der Waals surface area contributed by atoms with E-state index >= 15 is 0 Å². The molecule has 0 saturated heterocycles. The highest BCUT2D eigenvalue weighted by atomic mass is 16.7. The molecule has 1 amide bonds. The fourth-order valence-electron chi connectivity index (χ4n) is 1.24. The van der Waals surface area contributed by atoms with E-state index in [-0.39, 0.29) is 5.70 Å². The summed E-state index contributed by atoms with van der Waals surface area (Å²) in [5, 5.41) is 13.0. The predicted molar refractivity (Wildman–Crippen MR) is 68.1 cm³/mol. The van der Waals surface area contributed by atoms with Crippen molar-refractivity contribution < 1.29 is 9.63 Å². The Morgan fingerprint density at radius 2 is 2.16 bits per heavy atom. The summed E-state index contributed by atoms with van der Waals surface area (Å²) in [7, 11) is 2.73. The van der Waals surface area contributed by atoms with Crippen LogP contribution in [-0.2, 0) is 9.63 Å². The number of hydroxylamine groups is 2. The fourth-order valence-corrected chi connectivity index (χ4v) is 1.24. The first-order valence-corrected chi connectivity index (χ1v) is 5.21. The second-order valence-electron chi connectivity index (χ2n) is 3.44. The van der Waals surface area contributed by atoms with Crippen LogP contribution in [0.4, 0.5) is 0 Å². The summed E-state index contributed by atoms with van der Waals surface area (Å²) in [6, 6.07) is 8.48. The molecule has 0 bridgehead atoms. The zero-order valence-electron chi connectivity index (χ0n) is 10.4. The van der Waals surface area contributed by atoms with Crippen LogP contribution in [0.5, 0.6) is 0 Å². The van der Waals surface area contributed by atoms with Crippen LogP contribution >= 0.6 is 0 Å². The van der Waals surface area contributed by atoms with E-state index in [0.29, 0.717) is 11.1 Å². The van der Waals surface area contributed by atoms with Crippen molar-refractivity contribution in [3.8, 4) is 6.07 Å². The Bertz CT molecular complexity index is 579. The summed E-state index contributed by atoms with van der Waals surface area (Å²) in [6.07, 6.45) is 1.42. The van der Waals surface area contributed by atoms with E-state index in [9.17, 15) is 4.79 Å². The lowest BCUT2D eigenvalue weighted by Gasteiger charge is -2.13. The van der Waals surface area contributed by atoms with Crippen LogP contribution in [0.3, 0.4) is 0 Å². The summed E-state index contributed by atoms with van der Waals surface area (Å²) < 4.78 is 0. The maximum atomic E-state index is 11.8. The average Bonchev–Trinajstić information content (AvgIpc) is 2.46. The fraction of sp³-hybridized carbons (Fsp3) is 0.167. The summed E-state index contributed by atoms with van der Waals surface area (Å²) >= 11 is 0. The van der Waals surface area contributed by atoms with Gasteiger partial charge in [0, 0.05) is 12.0 Å². The minimum atomic E-state index is -0.565. The van der Waals surface area contributed by atoms with E-state index in [4.69, 9.17) is 15.6 Å². The quantitative estimate of drug-likeness (QED) is 0.271. The number of hydrogen-bond acceptors (Lipinski definition) is 4. The van der Waals surface area contributed by atoms with Crippen LogP contribution in [0.15, 0.2) is 35.1 Å². The molecule has 0 heterocycles. The van der Waals surface area contributed by atoms with Gasteiger partial charge in [-0.3, -0.25) is 9.63 Å². The lowest BCUT2D eigenvalue weighted by atomic mass is 10.1. The minimum absolute atomic E-state index is 0.100. The molecule has 1 rings (SSSR count). The van der Waals surface area contributed by atoms with Crippen LogP contribution < -0.4 is 0 Å². The average molecular weight is 257 g/mol. The van der Waals surface area contributed by atoms with Gasteiger partial charge in [-0.2, -0.15) is 5.26 Å². The highest BCUT2D eigenvalue weighted by Crippen LogP contribution is 2.12. The molecule has 7 nitrogen and oxygen atoms in total. The third kappa shape index (κ3) is 3.85. The van der Waals surface area contributed by atoms with E-state index in [0.717, 1.165) is 5.06 Å². The van der Waals surface area contributed by atoms with Gasteiger partial charge in [0.15, 0.2) is 0 Å². The van der Waals surface area contributed by atoms with Gasteiger partial charge in [0.05, 0.1) is 18.7 Å². The minimum Gasteiger partial charge on any atom is -0.274 e. The Balaban J connectivity index is 3.11. The number of rotatable bonds is 4. The molecule has 0 atom stereocenters. The molecule has 1 aromatic rings. The lowest BCUT2D eigenvalue weighted by Crippen LogP contribution is -2.26. The van der Waals surface area contributed by atoms with Gasteiger partial charge in [0.25, 0.3) is 5.91 Å². The summed E-state index contributed by atoms with van der Waals surface area (Å²) in [5.41, 5.74) is 9.50. The zero-order valence-corrected chi connectivity index (χ0v) is 10.4. The molecule has 0 aliphatic heterocycles. The third-order valence-electron chi connectivity index (χ3n) is 2.27. The van der Waals surface area contributed by atoms with Crippen LogP contribution in [0.1, 0.15) is 11.1 Å². The topological polar surface area (TPSA) is 102 Å². The normalized spacial score (nSPS) is 10.3. The summed E-state index contributed by atoms with van der Waals surface area (Å²) in [4.78, 5) is 19.1. The van der Waals surface area contributed by atoms with E-state index < -0.39 is 5.91 Å². The number of carbonyl (C=O) groups is 1. The second-order valence-corrected chi connectivity index (χ2v) is 3.44. The van der Waals surface area contributed by atoms with Crippen molar-refractivity contribution in [2.75, 3.05) is 14.2 Å². The van der Waals surface area contributed by atoms with Crippen molar-refractivity contribution in [1.82, 2.24) is 5.06 Å². The molecule has 0 unspecified atom stereocenters. The van der Waals surface area contributed by atoms with E-state index in [1.807, 2.05) is 6.07 Å². The molecule has 0 fully saturated rings. The van der Waals surface area contributed by atoms with Crippen LogP contribution in [0.2, 0.25) is 0 Å². The Kier molecular flexibility index (Phi) is 5.11. The Hall–Kier alpha value is -2.81. The standard InChI is InChI=1S/C12H11N5O2/c1-17(19-2)12(18)11(15-16-14)7-9-3-5-10(8-13)6-4-9/h3-7H,1-2H3/b11-7-. The highest BCUT2D eigenvalue weighted by Gasteiger charge is 2.13. The molecule has 1 aromatic carbocycles. The highest BCUT2D eigenvalue weighted by molar-refractivity contribution is 5.96. The first-order chi connectivity index (χ1) is 9.12. The Labute approximate surface area is 109 Å². The molecule has 0 aliphatic rings. The van der Waals surface area contributed by atoms with Crippen molar-refractivity contribution in [2.24, 2.45) is 5.11 Å². The molecule has 7 heteroatoms. The van der Waals surface area contributed by atoms with E-state index in [2.05, 4.69) is 10.0 Å². The SMILES string of the molecule is CON(C)C(=O)/C(=C/c1ccc(C#N)cc1)N=[N+]=[N-]. The number of benzene rings is 1. The molecule has 0 aliphatic carbocycles. The molecule has 0 N–H and O–H groups in total. The monoisotopic (exact) mass is 257 g/mol. The second kappa shape index (κ2) is 6.81. The smallest absolute Gasteiger partial charge is 0.274 e. The van der Waals surface area contributed by atoms with Gasteiger partial charge in [0.2, 0.25) is 0 Å². The maximum Gasteiger partial charge on any atom is 0.279 e. The van der Waals surface area contributed by atoms with Crippen molar-refractivity contribution in [3.63, 3.8) is 0 Å². The van der Waals surface area contributed by atoms with Crippen molar-refractivity contribution in [2.45, 2.75) is 0 Å². The Morgan fingerprint density at radius 3 is 2.63 bits per heavy atom. The molecular formula is C12H11N5O2. The number of azide groups is 1. The molecule has 0 spiro atoms. The maximum absolute atomic E-state index is 11.8. The van der Waals surface area contributed by atoms with Crippen molar-refractivity contribution in [3.05, 3.63) is 51.5 Å². The zero-order chi connectivity index (χ0) is 14.3. The lowest BCUT2D eigenvalue weighted by molar-refractivity contribution is -0.163. The largest absolute Gasteiger partial charge is 0.279 e. The summed E-state index contributed by atoms with van der Waals surface area (Å²) in [5.74, 6) is -0.565. The molecule has 0 radical (unpaired) electrons. The van der Waals surface area contributed by atoms with Gasteiger partial charge in [-0.05, 0) is 29.3 Å². The summed E-state index contributed by atoms with van der Waals surface area (Å²) in [6.45, 7) is 0. The van der Waals surface area contributed by atoms with Gasteiger partial charge < -0.3 is 0 Å². The van der Waals surface area contributed by atoms with Gasteiger partial charge in [0.1, 0.15) is 5.70 Å². The molecule has 0 saturated carbocycles. The van der Waals surface area contributed by atoms with Crippen LogP contribution in [0, 0.1) is 11.3 Å². The predicted octanol–water partition coefficient (Wildman–Crippen LogP) is 2.23. The molecule has 0 aromatic heterocycles. The van der Waals surface area contributed by atoms with E-state index in [1.54, 1.807) is 24.3 Å². The first-order valence-electron chi connectivity index (χ1n) is 5.21. The first kappa shape index (κ1) is 14.3. The third-order valence-corrected chi connectivity index (χ3v) is 2.27. The Morgan fingerprint density at radius 1 is 1.53 bits per heavy atom. The van der Waals surface area contributed by atoms with E-state index in [1.165, 1.54) is 20.2 Å². The number of nitriles is 1. The molecular weight excluding hydrogens is 246 g/mol.